The number of carbonyl (C=O) groups excluding carboxylic acids is 1. The molecule has 6 nitrogen and oxygen atoms in total. The molecule has 0 aliphatic heterocycles. The van der Waals surface area contributed by atoms with Crippen molar-refractivity contribution in [3.05, 3.63) is 27.0 Å². The van der Waals surface area contributed by atoms with E-state index in [2.05, 4.69) is 32.7 Å². The molecule has 4 N–H and O–H groups in total. The van der Waals surface area contributed by atoms with Crippen molar-refractivity contribution < 1.29 is 9.32 Å². The van der Waals surface area contributed by atoms with Crippen LogP contribution in [0.15, 0.2) is 16.7 Å². The Bertz CT molecular complexity index is 594. The Hall–Kier alpha value is -1.64. The van der Waals surface area contributed by atoms with Crippen molar-refractivity contribution in [1.82, 2.24) is 10.1 Å². The second-order valence-corrected chi connectivity index (χ2v) is 4.56. The number of carbonyl (C=O) groups is 1. The number of halogens is 1. The zero-order valence-corrected chi connectivity index (χ0v) is 11.1. The van der Waals surface area contributed by atoms with Gasteiger partial charge in [-0.25, -0.2) is 4.98 Å². The van der Waals surface area contributed by atoms with Gasteiger partial charge in [0.25, 0.3) is 5.91 Å². The van der Waals surface area contributed by atoms with Gasteiger partial charge in [0.15, 0.2) is 5.76 Å². The van der Waals surface area contributed by atoms with Crippen LogP contribution in [0.5, 0.6) is 0 Å². The third-order valence-corrected chi connectivity index (χ3v) is 3.13. The zero-order chi connectivity index (χ0) is 12.6. The van der Waals surface area contributed by atoms with E-state index < -0.39 is 5.91 Å². The van der Waals surface area contributed by atoms with Crippen molar-refractivity contribution in [1.29, 1.82) is 0 Å². The molecule has 0 saturated heterocycles. The molecule has 0 saturated carbocycles. The van der Waals surface area contributed by atoms with Gasteiger partial charge in [-0.05, 0) is 41.6 Å². The molecular formula is C10H9IN4O2. The van der Waals surface area contributed by atoms with Crippen LogP contribution in [-0.4, -0.2) is 16.0 Å². The molecule has 17 heavy (non-hydrogen) atoms. The van der Waals surface area contributed by atoms with Gasteiger partial charge in [-0.3, -0.25) is 4.79 Å². The molecular weight excluding hydrogens is 335 g/mol. The van der Waals surface area contributed by atoms with Crippen molar-refractivity contribution in [2.45, 2.75) is 6.92 Å². The quantitative estimate of drug-likeness (QED) is 0.799. The minimum absolute atomic E-state index is 0.234. The van der Waals surface area contributed by atoms with Crippen molar-refractivity contribution in [3.63, 3.8) is 0 Å². The Morgan fingerprint density at radius 3 is 2.76 bits per heavy atom. The first-order chi connectivity index (χ1) is 8.00. The van der Waals surface area contributed by atoms with Crippen molar-refractivity contribution in [3.8, 4) is 11.5 Å². The van der Waals surface area contributed by atoms with Crippen LogP contribution >= 0.6 is 22.6 Å². The minimum atomic E-state index is -0.599. The number of pyridine rings is 1. The molecule has 0 fully saturated rings. The maximum Gasteiger partial charge on any atom is 0.254 e. The van der Waals surface area contributed by atoms with Gasteiger partial charge >= 0.3 is 0 Å². The van der Waals surface area contributed by atoms with Crippen LogP contribution in [0.4, 0.5) is 5.82 Å². The summed E-state index contributed by atoms with van der Waals surface area (Å²) >= 11 is 2.06. The molecule has 7 heteroatoms. The van der Waals surface area contributed by atoms with Crippen LogP contribution in [0.2, 0.25) is 0 Å². The Labute approximate surface area is 111 Å². The fourth-order valence-electron chi connectivity index (χ4n) is 1.42. The van der Waals surface area contributed by atoms with Gasteiger partial charge in [-0.1, -0.05) is 5.16 Å². The Morgan fingerprint density at radius 2 is 2.18 bits per heavy atom. The first kappa shape index (κ1) is 11.8. The molecule has 2 heterocycles. The predicted octanol–water partition coefficient (Wildman–Crippen LogP) is 1.33. The van der Waals surface area contributed by atoms with Gasteiger partial charge in [0.1, 0.15) is 17.1 Å². The first-order valence-corrected chi connectivity index (χ1v) is 5.77. The second kappa shape index (κ2) is 4.32. The molecule has 0 aromatic carbocycles. The third kappa shape index (κ3) is 2.09. The van der Waals surface area contributed by atoms with Gasteiger partial charge in [0.05, 0.1) is 9.26 Å². The second-order valence-electron chi connectivity index (χ2n) is 3.40. The summed E-state index contributed by atoms with van der Waals surface area (Å²) in [6.07, 6.45) is 0. The number of anilines is 1. The molecule has 0 atom stereocenters. The molecule has 0 aliphatic rings. The van der Waals surface area contributed by atoms with E-state index in [-0.39, 0.29) is 11.3 Å². The molecule has 2 aromatic rings. The SMILES string of the molecule is Cc1noc(-c2ccc(I)c(N)n2)c1C(N)=O. The highest BCUT2D eigenvalue weighted by atomic mass is 127. The van der Waals surface area contributed by atoms with Crippen LogP contribution in [0.25, 0.3) is 11.5 Å². The molecule has 0 spiro atoms. The number of primary amides is 1. The van der Waals surface area contributed by atoms with Gasteiger partial charge in [0.2, 0.25) is 0 Å². The number of nitrogens with two attached hydrogens (primary N) is 2. The number of rotatable bonds is 2. The van der Waals surface area contributed by atoms with Crippen LogP contribution in [0, 0.1) is 10.5 Å². The van der Waals surface area contributed by atoms with E-state index in [1.54, 1.807) is 19.1 Å². The van der Waals surface area contributed by atoms with E-state index in [1.165, 1.54) is 0 Å². The summed E-state index contributed by atoms with van der Waals surface area (Å²) in [7, 11) is 0. The highest BCUT2D eigenvalue weighted by molar-refractivity contribution is 14.1. The van der Waals surface area contributed by atoms with Crippen molar-refractivity contribution in [2.24, 2.45) is 5.73 Å². The number of aromatic nitrogens is 2. The van der Waals surface area contributed by atoms with Crippen LogP contribution in [0.1, 0.15) is 16.1 Å². The number of nitrogens with zero attached hydrogens (tertiary/aromatic N) is 2. The smallest absolute Gasteiger partial charge is 0.254 e. The largest absolute Gasteiger partial charge is 0.383 e. The minimum Gasteiger partial charge on any atom is -0.383 e. The molecule has 2 aromatic heterocycles. The van der Waals surface area contributed by atoms with Gasteiger partial charge < -0.3 is 16.0 Å². The number of amides is 1. The fourth-order valence-corrected chi connectivity index (χ4v) is 1.72. The van der Waals surface area contributed by atoms with Crippen molar-refractivity contribution in [2.75, 3.05) is 5.73 Å². The van der Waals surface area contributed by atoms with Crippen LogP contribution < -0.4 is 11.5 Å². The lowest BCUT2D eigenvalue weighted by molar-refractivity contribution is 0.1000. The molecule has 1 amide bonds. The monoisotopic (exact) mass is 344 g/mol. The maximum atomic E-state index is 11.3. The number of nitrogen functional groups attached to an aromatic ring is 1. The summed E-state index contributed by atoms with van der Waals surface area (Å²) in [6, 6.07) is 3.48. The van der Waals surface area contributed by atoms with Crippen LogP contribution in [-0.2, 0) is 0 Å². The average molecular weight is 344 g/mol. The van der Waals surface area contributed by atoms with E-state index in [0.29, 0.717) is 17.2 Å². The molecule has 88 valence electrons. The summed E-state index contributed by atoms with van der Waals surface area (Å²) in [5.41, 5.74) is 12.1. The van der Waals surface area contributed by atoms with E-state index in [0.717, 1.165) is 3.57 Å². The summed E-state index contributed by atoms with van der Waals surface area (Å²) in [5, 5.41) is 3.71. The lowest BCUT2D eigenvalue weighted by Crippen LogP contribution is -2.12. The highest BCUT2D eigenvalue weighted by Crippen LogP contribution is 2.26. The number of hydrogen-bond donors (Lipinski definition) is 2. The summed E-state index contributed by atoms with van der Waals surface area (Å²) in [6.45, 7) is 1.64. The topological polar surface area (TPSA) is 108 Å². The molecule has 0 aliphatic carbocycles. The zero-order valence-electron chi connectivity index (χ0n) is 8.90. The van der Waals surface area contributed by atoms with Gasteiger partial charge in [-0.15, -0.1) is 0 Å². The van der Waals surface area contributed by atoms with Crippen LogP contribution in [0.3, 0.4) is 0 Å². The summed E-state index contributed by atoms with van der Waals surface area (Å²) in [5.74, 6) is 0.0170. The first-order valence-electron chi connectivity index (χ1n) is 4.69. The standard InChI is InChI=1S/C10H9IN4O2/c1-4-7(10(13)16)8(17-15-4)6-3-2-5(11)9(12)14-6/h2-3H,1H3,(H2,12,14)(H2,13,16). The van der Waals surface area contributed by atoms with E-state index in [9.17, 15) is 4.79 Å². The average Bonchev–Trinajstić information content (AvgIpc) is 2.64. The van der Waals surface area contributed by atoms with E-state index >= 15 is 0 Å². The van der Waals surface area contributed by atoms with Gasteiger partial charge in [-0.2, -0.15) is 0 Å². The Morgan fingerprint density at radius 1 is 1.47 bits per heavy atom. The Kier molecular flexibility index (Phi) is 3.01. The fraction of sp³-hybridized carbons (Fsp3) is 0.100. The van der Waals surface area contributed by atoms with Gasteiger partial charge in [0, 0.05) is 0 Å². The Balaban J connectivity index is 2.60. The van der Waals surface area contributed by atoms with E-state index in [1.807, 2.05) is 0 Å². The van der Waals surface area contributed by atoms with E-state index in [4.69, 9.17) is 16.0 Å². The third-order valence-electron chi connectivity index (χ3n) is 2.21. The normalized spacial score (nSPS) is 10.5. The summed E-state index contributed by atoms with van der Waals surface area (Å²) in [4.78, 5) is 15.4. The molecule has 0 unspecified atom stereocenters. The molecule has 0 bridgehead atoms. The lowest BCUT2D eigenvalue weighted by atomic mass is 10.1. The predicted molar refractivity (Wildman–Crippen MR) is 70.1 cm³/mol. The number of aryl methyl sites for hydroxylation is 1. The maximum absolute atomic E-state index is 11.3. The summed E-state index contributed by atoms with van der Waals surface area (Å²) < 4.78 is 5.89. The lowest BCUT2D eigenvalue weighted by Gasteiger charge is -2.01. The molecule has 0 radical (unpaired) electrons. The van der Waals surface area contributed by atoms with Crippen molar-refractivity contribution >= 4 is 34.3 Å². The molecule has 2 rings (SSSR count). The number of hydrogen-bond acceptors (Lipinski definition) is 5. The highest BCUT2D eigenvalue weighted by Gasteiger charge is 2.20.